The summed E-state index contributed by atoms with van der Waals surface area (Å²) in [7, 11) is 0. The Hall–Kier alpha value is -4.52. The van der Waals surface area contributed by atoms with Crippen molar-refractivity contribution in [1.82, 2.24) is 13.9 Å². The minimum Gasteiger partial charge on any atom is -0.245 e. The highest BCUT2D eigenvalue weighted by atomic mass is 16.2. The van der Waals surface area contributed by atoms with E-state index in [0.29, 0.717) is 41.2 Å². The predicted octanol–water partition coefficient (Wildman–Crippen LogP) is 5.12. The number of nitrogens with zero attached hydrogens (tertiary/aromatic N) is 5. The van der Waals surface area contributed by atoms with Gasteiger partial charge in [-0.05, 0) is 71.6 Å². The summed E-state index contributed by atoms with van der Waals surface area (Å²) in [5.74, 6) is 3.73. The van der Waals surface area contributed by atoms with Crippen LogP contribution in [0.2, 0.25) is 0 Å². The van der Waals surface area contributed by atoms with E-state index in [1.165, 1.54) is 17.4 Å². The molecule has 4 aromatic rings. The lowest BCUT2D eigenvalue weighted by atomic mass is 9.43. The Kier molecular flexibility index (Phi) is 3.95. The van der Waals surface area contributed by atoms with Crippen LogP contribution < -0.4 is 11.4 Å². The maximum Gasteiger partial charge on any atom is 0.352 e. The third-order valence-corrected chi connectivity index (χ3v) is 14.3. The topological polar surface area (TPSA) is 73.7 Å². The summed E-state index contributed by atoms with van der Waals surface area (Å²) in [4.78, 5) is 29.2. The van der Waals surface area contributed by atoms with Gasteiger partial charge in [0.05, 0.1) is 29.2 Å². The number of hydrogen-bond acceptors (Lipinski definition) is 4. The van der Waals surface area contributed by atoms with E-state index in [4.69, 9.17) is 10.2 Å². The van der Waals surface area contributed by atoms with Crippen LogP contribution in [0.15, 0.2) is 123 Å². The maximum absolute atomic E-state index is 14.6. The first-order chi connectivity index (χ1) is 22.2. The fraction of sp³-hybridized carbons (Fsp3) is 0.368. The second kappa shape index (κ2) is 7.47. The van der Waals surface area contributed by atoms with Gasteiger partial charge in [-0.1, -0.05) is 91.0 Å². The Labute approximate surface area is 259 Å². The van der Waals surface area contributed by atoms with Crippen molar-refractivity contribution in [1.29, 1.82) is 0 Å². The van der Waals surface area contributed by atoms with Gasteiger partial charge in [-0.15, -0.1) is 0 Å². The molecule has 7 heteroatoms. The van der Waals surface area contributed by atoms with Gasteiger partial charge in [0.2, 0.25) is 0 Å². The molecule has 0 N–H and O–H groups in total. The van der Waals surface area contributed by atoms with Gasteiger partial charge in [-0.25, -0.2) is 23.5 Å². The minimum absolute atomic E-state index is 0.189. The predicted molar refractivity (Wildman–Crippen MR) is 169 cm³/mol. The van der Waals surface area contributed by atoms with Crippen molar-refractivity contribution >= 4 is 11.4 Å². The normalized spacial score (nSPS) is 44.9. The van der Waals surface area contributed by atoms with Gasteiger partial charge < -0.3 is 0 Å². The second-order valence-corrected chi connectivity index (χ2v) is 14.9. The van der Waals surface area contributed by atoms with E-state index in [2.05, 4.69) is 72.8 Å². The van der Waals surface area contributed by atoms with E-state index >= 15 is 0 Å². The van der Waals surface area contributed by atoms with Crippen LogP contribution in [0.5, 0.6) is 0 Å². The number of hydrogen-bond donors (Lipinski definition) is 0. The molecule has 4 heterocycles. The SMILES string of the molecule is O=c1n(-c2ccccc2)c(=O)n2n1C1C=CC2C23C4CC5C6C7CC(C64)C2/C(c2ccccc2)=N\N=C(\c2ccccc2)C7C513. The molecule has 5 fully saturated rings. The maximum atomic E-state index is 14.6. The van der Waals surface area contributed by atoms with Crippen molar-refractivity contribution in [2.45, 2.75) is 24.9 Å². The monoisotopic (exact) mass is 589 g/mol. The first kappa shape index (κ1) is 23.8. The van der Waals surface area contributed by atoms with E-state index < -0.39 is 0 Å². The molecule has 13 rings (SSSR count). The van der Waals surface area contributed by atoms with Gasteiger partial charge in [-0.2, -0.15) is 10.2 Å². The molecular weight excluding hydrogens is 558 g/mol. The first-order valence-corrected chi connectivity index (χ1v) is 16.6. The molecule has 0 amide bonds. The van der Waals surface area contributed by atoms with Gasteiger partial charge in [-0.3, -0.25) is 0 Å². The first-order valence-electron chi connectivity index (χ1n) is 16.6. The summed E-state index contributed by atoms with van der Waals surface area (Å²) in [5.41, 5.74) is 4.27. The Bertz CT molecular complexity index is 2060. The van der Waals surface area contributed by atoms with Crippen LogP contribution in [-0.4, -0.2) is 25.4 Å². The third kappa shape index (κ3) is 2.21. The molecule has 4 bridgehead atoms. The molecule has 7 nitrogen and oxygen atoms in total. The molecule has 5 saturated carbocycles. The van der Waals surface area contributed by atoms with Crippen molar-refractivity contribution < 1.29 is 0 Å². The Morgan fingerprint density at radius 3 is 1.49 bits per heavy atom. The fourth-order valence-electron chi connectivity index (χ4n) is 14.0. The van der Waals surface area contributed by atoms with Gasteiger partial charge in [0.25, 0.3) is 0 Å². The Morgan fingerprint density at radius 2 is 1.02 bits per heavy atom. The smallest absolute Gasteiger partial charge is 0.245 e. The molecule has 3 aromatic carbocycles. The minimum atomic E-state index is -0.217. The zero-order valence-electron chi connectivity index (χ0n) is 24.6. The third-order valence-electron chi connectivity index (χ3n) is 14.3. The molecule has 45 heavy (non-hydrogen) atoms. The van der Waals surface area contributed by atoms with Crippen LogP contribution in [-0.2, 0) is 0 Å². The zero-order valence-corrected chi connectivity index (χ0v) is 24.6. The highest BCUT2D eigenvalue weighted by Gasteiger charge is 2.94. The van der Waals surface area contributed by atoms with Gasteiger partial charge in [0.15, 0.2) is 0 Å². The molecular formula is C38H31N5O2. The molecule has 2 spiro atoms. The molecule has 1 aromatic heterocycles. The van der Waals surface area contributed by atoms with Crippen molar-refractivity contribution in [2.24, 2.45) is 68.4 Å². The van der Waals surface area contributed by atoms with Crippen molar-refractivity contribution in [3.05, 3.63) is 135 Å². The Balaban J connectivity index is 1.23. The standard InChI is InChI=1S/C38H31N5O2/c44-35-41(22-14-8-3-9-15-22)36(45)43-28-17-16-27(42(35)43)37-25-19-26-30-24-18-23(29(25)30)31(37)33(20-10-4-1-5-11-20)39-40-34(32(24)38(26,28)37)21-12-6-2-7-13-21/h1-17,23-32H,18-19H2/b39-33-,40-34-. The molecule has 0 radical (unpaired) electrons. The molecule has 0 saturated heterocycles. The lowest BCUT2D eigenvalue weighted by Crippen LogP contribution is -2.67. The van der Waals surface area contributed by atoms with E-state index in [-0.39, 0.29) is 46.1 Å². The molecule has 12 atom stereocenters. The number of para-hydroxylation sites is 1. The lowest BCUT2D eigenvalue weighted by Gasteiger charge is -2.65. The van der Waals surface area contributed by atoms with E-state index in [9.17, 15) is 9.59 Å². The zero-order chi connectivity index (χ0) is 29.4. The Morgan fingerprint density at radius 1 is 0.578 bits per heavy atom. The second-order valence-electron chi connectivity index (χ2n) is 14.9. The number of fused-ring (bicyclic) bond motifs is 2. The highest BCUT2D eigenvalue weighted by molar-refractivity contribution is 6.08. The van der Waals surface area contributed by atoms with Crippen molar-refractivity contribution in [3.63, 3.8) is 0 Å². The van der Waals surface area contributed by atoms with Crippen LogP contribution in [0.3, 0.4) is 0 Å². The van der Waals surface area contributed by atoms with Crippen LogP contribution >= 0.6 is 0 Å². The lowest BCUT2D eigenvalue weighted by molar-refractivity contribution is -0.135. The fourth-order valence-corrected chi connectivity index (χ4v) is 14.0. The number of benzene rings is 3. The number of aromatic nitrogens is 3. The summed E-state index contributed by atoms with van der Waals surface area (Å²) in [6.07, 6.45) is 7.04. The van der Waals surface area contributed by atoms with Crippen LogP contribution in [0.1, 0.15) is 36.1 Å². The van der Waals surface area contributed by atoms with Gasteiger partial charge in [0.1, 0.15) is 0 Å². The average molecular weight is 590 g/mol. The quantitative estimate of drug-likeness (QED) is 0.311. The van der Waals surface area contributed by atoms with Crippen LogP contribution in [0.4, 0.5) is 0 Å². The average Bonchev–Trinajstić information content (AvgIpc) is 3.85. The molecule has 3 aliphatic heterocycles. The molecule has 12 unspecified atom stereocenters. The van der Waals surface area contributed by atoms with Crippen LogP contribution in [0.25, 0.3) is 5.69 Å². The molecule has 6 aliphatic carbocycles. The van der Waals surface area contributed by atoms with Gasteiger partial charge >= 0.3 is 11.4 Å². The summed E-state index contributed by atoms with van der Waals surface area (Å²) < 4.78 is 5.21. The summed E-state index contributed by atoms with van der Waals surface area (Å²) in [6.45, 7) is 0. The summed E-state index contributed by atoms with van der Waals surface area (Å²) >= 11 is 0. The summed E-state index contributed by atoms with van der Waals surface area (Å²) in [5, 5.41) is 10.6. The summed E-state index contributed by atoms with van der Waals surface area (Å²) in [6, 6.07) is 30.5. The van der Waals surface area contributed by atoms with E-state index in [0.717, 1.165) is 22.6 Å². The molecule has 220 valence electrons. The molecule has 9 aliphatic rings. The highest BCUT2D eigenvalue weighted by Crippen LogP contribution is 2.95. The van der Waals surface area contributed by atoms with E-state index in [1.807, 2.05) is 39.7 Å². The number of allylic oxidation sites excluding steroid dienone is 2. The van der Waals surface area contributed by atoms with Crippen molar-refractivity contribution in [2.75, 3.05) is 0 Å². The van der Waals surface area contributed by atoms with Crippen LogP contribution in [0, 0.1) is 58.2 Å². The van der Waals surface area contributed by atoms with Gasteiger partial charge in [0, 0.05) is 22.7 Å². The van der Waals surface area contributed by atoms with Crippen molar-refractivity contribution in [3.8, 4) is 5.69 Å². The largest absolute Gasteiger partial charge is 0.352 e. The number of rotatable bonds is 3. The van der Waals surface area contributed by atoms with E-state index in [1.54, 1.807) is 0 Å².